The van der Waals surface area contributed by atoms with E-state index in [1.807, 2.05) is 6.92 Å². The van der Waals surface area contributed by atoms with E-state index >= 15 is 0 Å². The molecule has 0 bridgehead atoms. The van der Waals surface area contributed by atoms with Crippen molar-refractivity contribution in [3.63, 3.8) is 0 Å². The fourth-order valence-electron chi connectivity index (χ4n) is 2.77. The zero-order valence-electron chi connectivity index (χ0n) is 17.6. The predicted octanol–water partition coefficient (Wildman–Crippen LogP) is 1.08. The van der Waals surface area contributed by atoms with E-state index in [4.69, 9.17) is 4.74 Å². The van der Waals surface area contributed by atoms with Crippen LogP contribution in [0, 0.1) is 6.92 Å². The third-order valence-electron chi connectivity index (χ3n) is 4.33. The second-order valence-corrected chi connectivity index (χ2v) is 10.5. The van der Waals surface area contributed by atoms with Crippen molar-refractivity contribution < 1.29 is 26.4 Å². The number of sulfonamides is 2. The molecule has 1 amide bonds. The first-order chi connectivity index (χ1) is 14.5. The molecule has 2 aromatic carbocycles. The summed E-state index contributed by atoms with van der Waals surface area (Å²) in [6.07, 6.45) is 0.866. The minimum Gasteiger partial charge on any atom is -0.497 e. The van der Waals surface area contributed by atoms with Gasteiger partial charge in [-0.05, 0) is 36.8 Å². The molecule has 0 aromatic heterocycles. The van der Waals surface area contributed by atoms with Crippen molar-refractivity contribution in [2.45, 2.75) is 24.3 Å². The molecule has 0 aliphatic heterocycles. The van der Waals surface area contributed by atoms with E-state index in [9.17, 15) is 21.6 Å². The third kappa shape index (κ3) is 8.29. The summed E-state index contributed by atoms with van der Waals surface area (Å²) in [5.41, 5.74) is 1.54. The van der Waals surface area contributed by atoms with Gasteiger partial charge in [0.2, 0.25) is 26.0 Å². The van der Waals surface area contributed by atoms with E-state index < -0.39 is 32.0 Å². The Morgan fingerprint density at radius 1 is 0.968 bits per heavy atom. The number of nitrogens with one attached hydrogen (secondary N) is 3. The molecule has 0 heterocycles. The van der Waals surface area contributed by atoms with Gasteiger partial charge in [-0.25, -0.2) is 26.3 Å². The van der Waals surface area contributed by atoms with Crippen molar-refractivity contribution in [3.8, 4) is 5.75 Å². The molecule has 0 fully saturated rings. The van der Waals surface area contributed by atoms with Gasteiger partial charge < -0.3 is 10.1 Å². The standard InChI is InChI=1S/C20H27N3O6S2/c1-15-4-10-18(11-5-15)31(27,28)22-13-12-21-20(24)14-19(23-30(3,25)26)16-6-8-17(29-2)9-7-16/h4-11,19,22-23H,12-14H2,1-3H3,(H,21,24). The monoisotopic (exact) mass is 469 g/mol. The predicted molar refractivity (Wildman–Crippen MR) is 118 cm³/mol. The van der Waals surface area contributed by atoms with Crippen LogP contribution in [0.2, 0.25) is 0 Å². The van der Waals surface area contributed by atoms with E-state index in [0.717, 1.165) is 11.8 Å². The maximum Gasteiger partial charge on any atom is 0.240 e. The lowest BCUT2D eigenvalue weighted by atomic mass is 10.0. The summed E-state index contributed by atoms with van der Waals surface area (Å²) < 4.78 is 57.8. The Morgan fingerprint density at radius 2 is 1.58 bits per heavy atom. The Morgan fingerprint density at radius 3 is 2.13 bits per heavy atom. The van der Waals surface area contributed by atoms with Crippen molar-refractivity contribution >= 4 is 26.0 Å². The Balaban J connectivity index is 1.92. The van der Waals surface area contributed by atoms with Crippen LogP contribution in [0.3, 0.4) is 0 Å². The van der Waals surface area contributed by atoms with Crippen molar-refractivity contribution in [3.05, 3.63) is 59.7 Å². The van der Waals surface area contributed by atoms with Gasteiger partial charge in [-0.2, -0.15) is 0 Å². The molecular formula is C20H27N3O6S2. The Labute approximate surface area is 183 Å². The average molecular weight is 470 g/mol. The van der Waals surface area contributed by atoms with Gasteiger partial charge in [0.1, 0.15) is 5.75 Å². The first kappa shape index (κ1) is 24.8. The molecule has 31 heavy (non-hydrogen) atoms. The summed E-state index contributed by atoms with van der Waals surface area (Å²) in [5, 5.41) is 2.60. The summed E-state index contributed by atoms with van der Waals surface area (Å²) in [5.74, 6) is 0.179. The van der Waals surface area contributed by atoms with Crippen LogP contribution in [0.1, 0.15) is 23.6 Å². The molecule has 0 spiro atoms. The van der Waals surface area contributed by atoms with Gasteiger partial charge in [0.05, 0.1) is 24.3 Å². The first-order valence-corrected chi connectivity index (χ1v) is 12.8. The Bertz CT molecular complexity index is 1080. The molecule has 1 atom stereocenters. The number of hydrogen-bond acceptors (Lipinski definition) is 6. The number of aryl methyl sites for hydroxylation is 1. The van der Waals surface area contributed by atoms with Gasteiger partial charge in [0, 0.05) is 19.5 Å². The lowest BCUT2D eigenvalue weighted by Crippen LogP contribution is -2.37. The fourth-order valence-corrected chi connectivity index (χ4v) is 4.54. The highest BCUT2D eigenvalue weighted by atomic mass is 32.2. The molecular weight excluding hydrogens is 442 g/mol. The fraction of sp³-hybridized carbons (Fsp3) is 0.350. The van der Waals surface area contributed by atoms with Crippen LogP contribution in [-0.4, -0.2) is 49.2 Å². The van der Waals surface area contributed by atoms with Crippen LogP contribution in [0.15, 0.2) is 53.4 Å². The van der Waals surface area contributed by atoms with Gasteiger partial charge in [0.15, 0.2) is 0 Å². The average Bonchev–Trinajstić information content (AvgIpc) is 2.70. The van der Waals surface area contributed by atoms with Crippen LogP contribution < -0.4 is 19.5 Å². The van der Waals surface area contributed by atoms with E-state index in [-0.39, 0.29) is 24.4 Å². The van der Waals surface area contributed by atoms with E-state index in [1.54, 1.807) is 36.4 Å². The highest BCUT2D eigenvalue weighted by Gasteiger charge is 2.20. The maximum atomic E-state index is 12.3. The number of carbonyl (C=O) groups is 1. The highest BCUT2D eigenvalue weighted by molar-refractivity contribution is 7.89. The van der Waals surface area contributed by atoms with Crippen LogP contribution in [0.5, 0.6) is 5.75 Å². The number of amides is 1. The lowest BCUT2D eigenvalue weighted by Gasteiger charge is -2.18. The molecule has 9 nitrogen and oxygen atoms in total. The Hall–Kier alpha value is -2.47. The van der Waals surface area contributed by atoms with Crippen LogP contribution in [0.4, 0.5) is 0 Å². The molecule has 0 aliphatic carbocycles. The molecule has 11 heteroatoms. The van der Waals surface area contributed by atoms with Gasteiger partial charge >= 0.3 is 0 Å². The van der Waals surface area contributed by atoms with E-state index in [0.29, 0.717) is 11.3 Å². The van der Waals surface area contributed by atoms with E-state index in [1.165, 1.54) is 19.2 Å². The third-order valence-corrected chi connectivity index (χ3v) is 6.52. The molecule has 0 radical (unpaired) electrons. The zero-order chi connectivity index (χ0) is 23.1. The first-order valence-electron chi connectivity index (χ1n) is 9.44. The van der Waals surface area contributed by atoms with Gasteiger partial charge in [-0.15, -0.1) is 0 Å². The number of methoxy groups -OCH3 is 1. The van der Waals surface area contributed by atoms with Gasteiger partial charge in [-0.3, -0.25) is 4.79 Å². The second-order valence-electron chi connectivity index (χ2n) is 6.98. The minimum absolute atomic E-state index is 0.00530. The van der Waals surface area contributed by atoms with Crippen molar-refractivity contribution in [1.29, 1.82) is 0 Å². The van der Waals surface area contributed by atoms with Crippen LogP contribution in [0.25, 0.3) is 0 Å². The van der Waals surface area contributed by atoms with Crippen LogP contribution >= 0.6 is 0 Å². The zero-order valence-corrected chi connectivity index (χ0v) is 19.2. The number of hydrogen-bond donors (Lipinski definition) is 3. The number of benzene rings is 2. The van der Waals surface area contributed by atoms with Crippen molar-refractivity contribution in [1.82, 2.24) is 14.8 Å². The number of carbonyl (C=O) groups excluding carboxylic acids is 1. The largest absolute Gasteiger partial charge is 0.497 e. The normalized spacial score (nSPS) is 12.9. The smallest absolute Gasteiger partial charge is 0.240 e. The summed E-state index contributed by atoms with van der Waals surface area (Å²) in [4.78, 5) is 12.5. The number of rotatable bonds is 11. The SMILES string of the molecule is COc1ccc(C(CC(=O)NCCNS(=O)(=O)c2ccc(C)cc2)NS(C)(=O)=O)cc1. The number of ether oxygens (including phenoxy) is 1. The molecule has 1 unspecified atom stereocenters. The molecule has 0 saturated carbocycles. The summed E-state index contributed by atoms with van der Waals surface area (Å²) in [7, 11) is -5.72. The Kier molecular flexibility index (Phi) is 8.57. The highest BCUT2D eigenvalue weighted by Crippen LogP contribution is 2.21. The molecule has 0 aliphatic rings. The van der Waals surface area contributed by atoms with E-state index in [2.05, 4.69) is 14.8 Å². The lowest BCUT2D eigenvalue weighted by molar-refractivity contribution is -0.121. The topological polar surface area (TPSA) is 131 Å². The maximum absolute atomic E-state index is 12.3. The summed E-state index contributed by atoms with van der Waals surface area (Å²) >= 11 is 0. The molecule has 170 valence electrons. The van der Waals surface area contributed by atoms with Crippen molar-refractivity contribution in [2.75, 3.05) is 26.5 Å². The quantitative estimate of drug-likeness (QED) is 0.422. The van der Waals surface area contributed by atoms with Gasteiger partial charge in [0.25, 0.3) is 0 Å². The summed E-state index contributed by atoms with van der Waals surface area (Å²) in [6, 6.07) is 12.3. The minimum atomic E-state index is -3.68. The van der Waals surface area contributed by atoms with Crippen molar-refractivity contribution in [2.24, 2.45) is 0 Å². The molecule has 2 rings (SSSR count). The van der Waals surface area contributed by atoms with Gasteiger partial charge in [-0.1, -0.05) is 29.8 Å². The summed E-state index contributed by atoms with van der Waals surface area (Å²) in [6.45, 7) is 1.91. The molecule has 3 N–H and O–H groups in total. The second kappa shape index (κ2) is 10.7. The molecule has 2 aromatic rings. The molecule has 0 saturated heterocycles. The van der Waals surface area contributed by atoms with Crippen LogP contribution in [-0.2, 0) is 24.8 Å².